The van der Waals surface area contributed by atoms with Gasteiger partial charge in [-0.1, -0.05) is 0 Å². The Morgan fingerprint density at radius 3 is 2.95 bits per heavy atom. The van der Waals surface area contributed by atoms with Gasteiger partial charge < -0.3 is 15.3 Å². The van der Waals surface area contributed by atoms with Gasteiger partial charge in [0.15, 0.2) is 0 Å². The summed E-state index contributed by atoms with van der Waals surface area (Å²) in [5, 5.41) is 12.5. The number of hydrogen-bond acceptors (Lipinski definition) is 3. The minimum atomic E-state index is 0.0364. The zero-order valence-corrected chi connectivity index (χ0v) is 11.1. The fourth-order valence-electron chi connectivity index (χ4n) is 2.86. The van der Waals surface area contributed by atoms with Crippen LogP contribution >= 0.6 is 0 Å². The van der Waals surface area contributed by atoms with Crippen molar-refractivity contribution in [2.45, 2.75) is 31.7 Å². The molecule has 4 nitrogen and oxygen atoms in total. The molecule has 2 N–H and O–H groups in total. The highest BCUT2D eigenvalue weighted by atomic mass is 16.3. The molecule has 19 heavy (non-hydrogen) atoms. The summed E-state index contributed by atoms with van der Waals surface area (Å²) >= 11 is 0. The number of fused-ring (bicyclic) bond motifs is 1. The maximum absolute atomic E-state index is 12.6. The molecular weight excluding hydrogens is 240 g/mol. The first-order chi connectivity index (χ1) is 9.29. The zero-order chi connectivity index (χ0) is 13.2. The van der Waals surface area contributed by atoms with Crippen molar-refractivity contribution in [3.63, 3.8) is 0 Å². The Labute approximate surface area is 113 Å². The van der Waals surface area contributed by atoms with Gasteiger partial charge in [0.1, 0.15) is 0 Å². The summed E-state index contributed by atoms with van der Waals surface area (Å²) in [5.41, 5.74) is 3.13. The van der Waals surface area contributed by atoms with Gasteiger partial charge in [-0.25, -0.2) is 0 Å². The number of nitrogens with one attached hydrogen (secondary N) is 1. The van der Waals surface area contributed by atoms with Crippen molar-refractivity contribution in [2.24, 2.45) is 0 Å². The second kappa shape index (κ2) is 5.21. The molecule has 1 aliphatic heterocycles. The number of aliphatic hydroxyl groups excluding tert-OH is 1. The topological polar surface area (TPSA) is 52.6 Å². The number of aliphatic hydroxyl groups is 1. The fraction of sp³-hybridized carbons (Fsp3) is 0.533. The van der Waals surface area contributed by atoms with E-state index in [1.807, 2.05) is 23.1 Å². The van der Waals surface area contributed by atoms with Crippen molar-refractivity contribution in [2.75, 3.05) is 25.0 Å². The molecular formula is C15H20N2O2. The summed E-state index contributed by atoms with van der Waals surface area (Å²) in [6, 6.07) is 6.21. The molecule has 1 aliphatic carbocycles. The number of carbonyl (C=O) groups is 1. The van der Waals surface area contributed by atoms with Gasteiger partial charge in [-0.2, -0.15) is 0 Å². The van der Waals surface area contributed by atoms with Crippen LogP contribution in [0.2, 0.25) is 0 Å². The van der Waals surface area contributed by atoms with E-state index in [1.54, 1.807) is 0 Å². The Hall–Kier alpha value is -1.55. The van der Waals surface area contributed by atoms with Gasteiger partial charge in [-0.15, -0.1) is 0 Å². The number of anilines is 1. The van der Waals surface area contributed by atoms with Crippen molar-refractivity contribution in [1.29, 1.82) is 0 Å². The van der Waals surface area contributed by atoms with Crippen LogP contribution in [0.1, 0.15) is 35.2 Å². The van der Waals surface area contributed by atoms with Crippen molar-refractivity contribution in [3.8, 4) is 0 Å². The number of rotatable bonds is 4. The highest BCUT2D eigenvalue weighted by Gasteiger charge is 2.29. The van der Waals surface area contributed by atoms with Gasteiger partial charge in [-0.3, -0.25) is 4.79 Å². The third-order valence-electron chi connectivity index (χ3n) is 4.18. The zero-order valence-electron chi connectivity index (χ0n) is 11.1. The summed E-state index contributed by atoms with van der Waals surface area (Å²) in [6.45, 7) is 1.43. The minimum Gasteiger partial charge on any atom is -0.395 e. The number of nitrogens with zero attached hydrogens (tertiary/aromatic N) is 1. The van der Waals surface area contributed by atoms with E-state index in [9.17, 15) is 4.79 Å². The largest absolute Gasteiger partial charge is 0.395 e. The molecule has 1 fully saturated rings. The molecule has 102 valence electrons. The second-order valence-electron chi connectivity index (χ2n) is 5.36. The Kier molecular flexibility index (Phi) is 3.42. The van der Waals surface area contributed by atoms with Crippen LogP contribution in [0.3, 0.4) is 0 Å². The molecule has 3 rings (SSSR count). The highest BCUT2D eigenvalue weighted by Crippen LogP contribution is 2.28. The maximum atomic E-state index is 12.6. The second-order valence-corrected chi connectivity index (χ2v) is 5.36. The average molecular weight is 260 g/mol. The number of amides is 1. The number of hydrogen-bond donors (Lipinski definition) is 2. The van der Waals surface area contributed by atoms with Crippen molar-refractivity contribution in [1.82, 2.24) is 4.90 Å². The van der Waals surface area contributed by atoms with Gasteiger partial charge in [-0.05, 0) is 49.4 Å². The number of carbonyl (C=O) groups excluding carboxylic acids is 1. The summed E-state index contributed by atoms with van der Waals surface area (Å²) in [6.07, 6.45) is 4.31. The van der Waals surface area contributed by atoms with E-state index in [2.05, 4.69) is 5.32 Å². The predicted octanol–water partition coefficient (Wildman–Crippen LogP) is 1.64. The van der Waals surface area contributed by atoms with Gasteiger partial charge in [0, 0.05) is 30.4 Å². The summed E-state index contributed by atoms with van der Waals surface area (Å²) in [4.78, 5) is 14.4. The summed E-state index contributed by atoms with van der Waals surface area (Å²) in [7, 11) is 0. The molecule has 2 aliphatic rings. The van der Waals surface area contributed by atoms with Gasteiger partial charge in [0.05, 0.1) is 6.61 Å². The van der Waals surface area contributed by atoms with Crippen LogP contribution in [0, 0.1) is 0 Å². The van der Waals surface area contributed by atoms with Crippen molar-refractivity contribution < 1.29 is 9.90 Å². The quantitative estimate of drug-likeness (QED) is 0.865. The normalized spacial score (nSPS) is 17.5. The molecule has 0 spiro atoms. The van der Waals surface area contributed by atoms with E-state index in [-0.39, 0.29) is 12.5 Å². The lowest BCUT2D eigenvalue weighted by molar-refractivity contribution is 0.0526. The van der Waals surface area contributed by atoms with Crippen LogP contribution < -0.4 is 5.32 Å². The van der Waals surface area contributed by atoms with E-state index in [4.69, 9.17) is 5.11 Å². The fourth-order valence-corrected chi connectivity index (χ4v) is 2.86. The van der Waals surface area contributed by atoms with Crippen LogP contribution in [0.25, 0.3) is 0 Å². The Morgan fingerprint density at radius 1 is 1.42 bits per heavy atom. The van der Waals surface area contributed by atoms with Gasteiger partial charge >= 0.3 is 0 Å². The molecule has 1 amide bonds. The SMILES string of the molecule is O=C(c1ccc2c(c1)CCN2)N(CCO)C1CCC1. The Balaban J connectivity index is 1.81. The summed E-state index contributed by atoms with van der Waals surface area (Å²) in [5.74, 6) is 0.0634. The van der Waals surface area contributed by atoms with Crippen molar-refractivity contribution in [3.05, 3.63) is 29.3 Å². The Morgan fingerprint density at radius 2 is 2.26 bits per heavy atom. The molecule has 1 aromatic carbocycles. The minimum absolute atomic E-state index is 0.0364. The molecule has 4 heteroatoms. The van der Waals surface area contributed by atoms with E-state index in [0.717, 1.165) is 37.1 Å². The van der Waals surface area contributed by atoms with Crippen LogP contribution in [0.4, 0.5) is 5.69 Å². The smallest absolute Gasteiger partial charge is 0.254 e. The number of benzene rings is 1. The van der Waals surface area contributed by atoms with E-state index in [1.165, 1.54) is 12.0 Å². The standard InChI is InChI=1S/C15H20N2O2/c18-9-8-17(13-2-1-3-13)15(19)12-4-5-14-11(10-12)6-7-16-14/h4-5,10,13,16,18H,1-3,6-9H2. The van der Waals surface area contributed by atoms with E-state index >= 15 is 0 Å². The lowest BCUT2D eigenvalue weighted by atomic mass is 9.91. The molecule has 1 saturated carbocycles. The molecule has 0 radical (unpaired) electrons. The average Bonchev–Trinajstić information content (AvgIpc) is 2.82. The first-order valence-electron chi connectivity index (χ1n) is 7.08. The molecule has 1 heterocycles. The molecule has 0 unspecified atom stereocenters. The first kappa shape index (κ1) is 12.5. The third-order valence-corrected chi connectivity index (χ3v) is 4.18. The van der Waals surface area contributed by atoms with Gasteiger partial charge in [0.25, 0.3) is 5.91 Å². The summed E-state index contributed by atoms with van der Waals surface area (Å²) < 4.78 is 0. The third kappa shape index (κ3) is 2.32. The van der Waals surface area contributed by atoms with Crippen LogP contribution in [-0.2, 0) is 6.42 Å². The lowest BCUT2D eigenvalue weighted by Crippen LogP contribution is -2.45. The first-order valence-corrected chi connectivity index (χ1v) is 7.08. The van der Waals surface area contributed by atoms with E-state index < -0.39 is 0 Å². The van der Waals surface area contributed by atoms with Crippen LogP contribution in [0.15, 0.2) is 18.2 Å². The monoisotopic (exact) mass is 260 g/mol. The Bertz CT molecular complexity index is 483. The lowest BCUT2D eigenvalue weighted by Gasteiger charge is -2.37. The van der Waals surface area contributed by atoms with Crippen LogP contribution in [-0.4, -0.2) is 41.7 Å². The molecule has 0 bridgehead atoms. The maximum Gasteiger partial charge on any atom is 0.254 e. The van der Waals surface area contributed by atoms with E-state index in [0.29, 0.717) is 12.6 Å². The van der Waals surface area contributed by atoms with Crippen molar-refractivity contribution >= 4 is 11.6 Å². The predicted molar refractivity (Wildman–Crippen MR) is 74.4 cm³/mol. The molecule has 0 aromatic heterocycles. The molecule has 1 aromatic rings. The molecule has 0 saturated heterocycles. The van der Waals surface area contributed by atoms with Crippen LogP contribution in [0.5, 0.6) is 0 Å². The van der Waals surface area contributed by atoms with Gasteiger partial charge in [0.2, 0.25) is 0 Å². The highest BCUT2D eigenvalue weighted by molar-refractivity contribution is 5.95. The molecule has 0 atom stereocenters.